The van der Waals surface area contributed by atoms with Crippen LogP contribution in [0.5, 0.6) is 0 Å². The summed E-state index contributed by atoms with van der Waals surface area (Å²) in [5, 5.41) is 0. The lowest BCUT2D eigenvalue weighted by Gasteiger charge is -2.47. The van der Waals surface area contributed by atoms with E-state index in [0.717, 1.165) is 12.0 Å². The van der Waals surface area contributed by atoms with Gasteiger partial charge in [-0.15, -0.1) is 0 Å². The van der Waals surface area contributed by atoms with Crippen molar-refractivity contribution < 1.29 is 14.3 Å². The molecule has 0 fully saturated rings. The molecule has 3 nitrogen and oxygen atoms in total. The zero-order valence-corrected chi connectivity index (χ0v) is 16.1. The van der Waals surface area contributed by atoms with Crippen LogP contribution in [0, 0.1) is 12.8 Å². The second-order valence-electron chi connectivity index (χ2n) is 8.33. The van der Waals surface area contributed by atoms with Crippen LogP contribution in [-0.2, 0) is 20.4 Å². The number of fused-ring (bicyclic) bond motifs is 1. The molecule has 1 aromatic carbocycles. The summed E-state index contributed by atoms with van der Waals surface area (Å²) < 4.78 is 4.91. The molecule has 132 valence electrons. The number of hydrogen-bond donors (Lipinski definition) is 0. The summed E-state index contributed by atoms with van der Waals surface area (Å²) >= 11 is 0. The summed E-state index contributed by atoms with van der Waals surface area (Å²) in [5.74, 6) is -0.0331. The van der Waals surface area contributed by atoms with E-state index in [4.69, 9.17) is 4.74 Å². The Morgan fingerprint density at radius 2 is 1.79 bits per heavy atom. The van der Waals surface area contributed by atoms with Gasteiger partial charge in [0.1, 0.15) is 6.42 Å². The first kappa shape index (κ1) is 18.7. The van der Waals surface area contributed by atoms with Crippen LogP contribution in [0.25, 0.3) is 0 Å². The van der Waals surface area contributed by atoms with Crippen molar-refractivity contribution in [2.24, 2.45) is 5.92 Å². The Morgan fingerprint density at radius 1 is 1.17 bits per heavy atom. The summed E-state index contributed by atoms with van der Waals surface area (Å²) in [6.07, 6.45) is 0.898. The van der Waals surface area contributed by atoms with E-state index in [0.29, 0.717) is 18.1 Å². The van der Waals surface area contributed by atoms with E-state index >= 15 is 0 Å². The van der Waals surface area contributed by atoms with E-state index in [1.807, 2.05) is 13.0 Å². The average Bonchev–Trinajstić information content (AvgIpc) is 2.44. The molecule has 0 saturated carbocycles. The van der Waals surface area contributed by atoms with Gasteiger partial charge in [0, 0.05) is 5.56 Å². The molecule has 0 radical (unpaired) electrons. The average molecular weight is 330 g/mol. The van der Waals surface area contributed by atoms with Gasteiger partial charge in [-0.25, -0.2) is 0 Å². The molecule has 0 aromatic heterocycles. The molecule has 1 aromatic rings. The van der Waals surface area contributed by atoms with Crippen LogP contribution in [0.2, 0.25) is 0 Å². The molecule has 0 saturated heterocycles. The number of ether oxygens (including phenoxy) is 1. The van der Waals surface area contributed by atoms with Crippen molar-refractivity contribution in [2.75, 3.05) is 6.61 Å². The summed E-state index contributed by atoms with van der Waals surface area (Å²) in [6.45, 7) is 15.4. The second-order valence-corrected chi connectivity index (χ2v) is 8.33. The molecule has 0 spiro atoms. The Bertz CT molecular complexity index is 668. The van der Waals surface area contributed by atoms with Crippen molar-refractivity contribution in [3.63, 3.8) is 0 Å². The summed E-state index contributed by atoms with van der Waals surface area (Å²) in [4.78, 5) is 24.2. The van der Waals surface area contributed by atoms with E-state index in [1.165, 1.54) is 11.1 Å². The van der Waals surface area contributed by atoms with Crippen LogP contribution in [0.3, 0.4) is 0 Å². The highest BCUT2D eigenvalue weighted by molar-refractivity contribution is 6.07. The highest BCUT2D eigenvalue weighted by Crippen LogP contribution is 2.49. The molecule has 0 aliphatic heterocycles. The quantitative estimate of drug-likeness (QED) is 0.455. The normalized spacial score (nSPS) is 21.0. The Labute approximate surface area is 145 Å². The Kier molecular flexibility index (Phi) is 4.94. The van der Waals surface area contributed by atoms with Crippen molar-refractivity contribution in [2.45, 2.75) is 72.1 Å². The predicted molar refractivity (Wildman–Crippen MR) is 96.6 cm³/mol. The maximum atomic E-state index is 12.6. The zero-order valence-electron chi connectivity index (χ0n) is 16.1. The van der Waals surface area contributed by atoms with Crippen LogP contribution in [-0.4, -0.2) is 18.4 Å². The molecular formula is C21H30O3. The van der Waals surface area contributed by atoms with E-state index < -0.39 is 5.97 Å². The molecule has 0 heterocycles. The van der Waals surface area contributed by atoms with Gasteiger partial charge in [0.15, 0.2) is 5.78 Å². The maximum absolute atomic E-state index is 12.6. The number of rotatable bonds is 4. The largest absolute Gasteiger partial charge is 0.466 e. The van der Waals surface area contributed by atoms with Crippen molar-refractivity contribution in [1.82, 2.24) is 0 Å². The van der Waals surface area contributed by atoms with Gasteiger partial charge in [-0.3, -0.25) is 9.59 Å². The number of Topliss-reactive ketones (excluding diaryl/α,β-unsaturated/α-hetero) is 1. The van der Waals surface area contributed by atoms with Crippen molar-refractivity contribution in [1.29, 1.82) is 0 Å². The van der Waals surface area contributed by atoms with Crippen molar-refractivity contribution >= 4 is 11.8 Å². The van der Waals surface area contributed by atoms with Gasteiger partial charge in [-0.1, -0.05) is 40.7 Å². The fraction of sp³-hybridized carbons (Fsp3) is 0.619. The molecule has 0 bridgehead atoms. The fourth-order valence-electron chi connectivity index (χ4n) is 3.94. The van der Waals surface area contributed by atoms with Gasteiger partial charge in [-0.2, -0.15) is 0 Å². The molecule has 1 aliphatic rings. The lowest BCUT2D eigenvalue weighted by molar-refractivity contribution is -0.141. The third kappa shape index (κ3) is 3.26. The van der Waals surface area contributed by atoms with Crippen LogP contribution < -0.4 is 0 Å². The molecule has 1 atom stereocenters. The summed E-state index contributed by atoms with van der Waals surface area (Å²) in [7, 11) is 0. The minimum atomic E-state index is -0.451. The molecule has 3 heteroatoms. The van der Waals surface area contributed by atoms with E-state index in [9.17, 15) is 9.59 Å². The Balaban J connectivity index is 2.49. The summed E-state index contributed by atoms with van der Waals surface area (Å²) in [6, 6.07) is 4.19. The fourth-order valence-corrected chi connectivity index (χ4v) is 3.94. The Morgan fingerprint density at radius 3 is 2.38 bits per heavy atom. The monoisotopic (exact) mass is 330 g/mol. The zero-order chi connectivity index (χ0) is 18.3. The molecule has 24 heavy (non-hydrogen) atoms. The first-order valence-electron chi connectivity index (χ1n) is 8.85. The lowest BCUT2D eigenvalue weighted by Crippen LogP contribution is -2.40. The van der Waals surface area contributed by atoms with Gasteiger partial charge in [0.2, 0.25) is 0 Å². The summed E-state index contributed by atoms with van der Waals surface area (Å²) in [5.41, 5.74) is 4.27. The molecular weight excluding hydrogens is 300 g/mol. The highest BCUT2D eigenvalue weighted by atomic mass is 16.5. The van der Waals surface area contributed by atoms with Gasteiger partial charge in [0.25, 0.3) is 0 Å². The van der Waals surface area contributed by atoms with E-state index in [2.05, 4.69) is 40.7 Å². The van der Waals surface area contributed by atoms with Gasteiger partial charge in [-0.05, 0) is 59.8 Å². The number of benzene rings is 1. The molecule has 0 N–H and O–H groups in total. The first-order chi connectivity index (χ1) is 11.0. The second kappa shape index (κ2) is 6.34. The minimum Gasteiger partial charge on any atom is -0.466 e. The standard InChI is InChI=1S/C21H30O3/c1-8-24-19(23)11-18(22)15-10-16-17(9-13(15)2)21(6,7)14(3)12-20(16,4)5/h9-10,14H,8,11-12H2,1-7H3. The SMILES string of the molecule is CCOC(=O)CC(=O)c1cc2c(cc1C)C(C)(C)C(C)CC2(C)C. The van der Waals surface area contributed by atoms with Crippen LogP contribution >= 0.6 is 0 Å². The van der Waals surface area contributed by atoms with E-state index in [1.54, 1.807) is 6.92 Å². The van der Waals surface area contributed by atoms with Crippen LogP contribution in [0.4, 0.5) is 0 Å². The molecule has 1 unspecified atom stereocenters. The maximum Gasteiger partial charge on any atom is 0.313 e. The van der Waals surface area contributed by atoms with Gasteiger partial charge >= 0.3 is 5.97 Å². The first-order valence-corrected chi connectivity index (χ1v) is 8.85. The van der Waals surface area contributed by atoms with Crippen molar-refractivity contribution in [3.05, 3.63) is 34.4 Å². The number of ketones is 1. The number of hydrogen-bond acceptors (Lipinski definition) is 3. The van der Waals surface area contributed by atoms with Crippen molar-refractivity contribution in [3.8, 4) is 0 Å². The third-order valence-electron chi connectivity index (χ3n) is 5.75. The van der Waals surface area contributed by atoms with Crippen LogP contribution in [0.15, 0.2) is 12.1 Å². The number of esters is 1. The highest BCUT2D eigenvalue weighted by Gasteiger charge is 2.42. The van der Waals surface area contributed by atoms with E-state index in [-0.39, 0.29) is 23.0 Å². The number of carbonyl (C=O) groups is 2. The molecule has 0 amide bonds. The van der Waals surface area contributed by atoms with Gasteiger partial charge < -0.3 is 4.74 Å². The predicted octanol–water partition coefficient (Wildman–Crippen LogP) is 4.73. The van der Waals surface area contributed by atoms with Crippen LogP contribution in [0.1, 0.15) is 81.4 Å². The number of carbonyl (C=O) groups excluding carboxylic acids is 2. The smallest absolute Gasteiger partial charge is 0.313 e. The molecule has 1 aliphatic carbocycles. The van der Waals surface area contributed by atoms with Gasteiger partial charge in [0.05, 0.1) is 6.61 Å². The Hall–Kier alpha value is -1.64. The topological polar surface area (TPSA) is 43.4 Å². The minimum absolute atomic E-state index is 0.0247. The molecule has 2 rings (SSSR count). The lowest BCUT2D eigenvalue weighted by atomic mass is 9.58. The third-order valence-corrected chi connectivity index (χ3v) is 5.75. The number of aryl methyl sites for hydroxylation is 1.